The van der Waals surface area contributed by atoms with Crippen molar-refractivity contribution in [3.8, 4) is 11.3 Å². The van der Waals surface area contributed by atoms with E-state index < -0.39 is 10.0 Å². The van der Waals surface area contributed by atoms with Gasteiger partial charge in [0.2, 0.25) is 0 Å². The summed E-state index contributed by atoms with van der Waals surface area (Å²) in [6.07, 6.45) is 1.73. The van der Waals surface area contributed by atoms with Crippen LogP contribution in [0.5, 0.6) is 0 Å². The Bertz CT molecular complexity index is 1330. The molecular formula is C24H21N3O3S2. The Morgan fingerprint density at radius 2 is 1.84 bits per heavy atom. The van der Waals surface area contributed by atoms with Crippen molar-refractivity contribution in [3.05, 3.63) is 100 Å². The summed E-state index contributed by atoms with van der Waals surface area (Å²) in [6.45, 7) is 2.17. The number of aryl methyl sites for hydroxylation is 1. The number of aromatic nitrogens is 1. The maximum absolute atomic E-state index is 12.6. The Hall–Kier alpha value is -3.49. The lowest BCUT2D eigenvalue weighted by Gasteiger charge is -2.11. The highest BCUT2D eigenvalue weighted by atomic mass is 32.2. The zero-order valence-corrected chi connectivity index (χ0v) is 18.9. The molecule has 0 aliphatic carbocycles. The molecule has 0 saturated carbocycles. The molecule has 0 bridgehead atoms. The summed E-state index contributed by atoms with van der Waals surface area (Å²) < 4.78 is 27.7. The Kier molecular flexibility index (Phi) is 6.34. The van der Waals surface area contributed by atoms with Crippen molar-refractivity contribution < 1.29 is 13.2 Å². The number of thiophene rings is 1. The molecule has 0 aliphatic heterocycles. The monoisotopic (exact) mass is 463 g/mol. The number of amides is 1. The number of pyridine rings is 1. The highest BCUT2D eigenvalue weighted by Gasteiger charge is 2.15. The van der Waals surface area contributed by atoms with Crippen molar-refractivity contribution in [2.24, 2.45) is 0 Å². The molecule has 0 aliphatic rings. The number of benzene rings is 2. The van der Waals surface area contributed by atoms with Gasteiger partial charge in [-0.15, -0.1) is 0 Å². The SMILES string of the molecule is Cc1cccc(S(=O)(=O)Nc2ccc(C(=O)NCc3cccnc3-c3ccsc3)cc2)c1. The van der Waals surface area contributed by atoms with Crippen LogP contribution in [0.1, 0.15) is 21.5 Å². The minimum absolute atomic E-state index is 0.192. The number of hydrogen-bond donors (Lipinski definition) is 2. The van der Waals surface area contributed by atoms with Crippen LogP contribution in [-0.2, 0) is 16.6 Å². The Labute approximate surface area is 191 Å². The normalized spacial score (nSPS) is 11.2. The van der Waals surface area contributed by atoms with Crippen molar-refractivity contribution in [2.45, 2.75) is 18.4 Å². The Morgan fingerprint density at radius 1 is 1.03 bits per heavy atom. The average Bonchev–Trinajstić information content (AvgIpc) is 3.33. The van der Waals surface area contributed by atoms with Gasteiger partial charge in [0, 0.05) is 34.9 Å². The predicted octanol–water partition coefficient (Wildman–Crippen LogP) is 4.85. The number of carbonyl (C=O) groups excluding carboxylic acids is 1. The molecule has 162 valence electrons. The van der Waals surface area contributed by atoms with E-state index in [9.17, 15) is 13.2 Å². The van der Waals surface area contributed by atoms with Crippen LogP contribution in [-0.4, -0.2) is 19.3 Å². The van der Waals surface area contributed by atoms with Gasteiger partial charge in [-0.25, -0.2) is 8.42 Å². The highest BCUT2D eigenvalue weighted by Crippen LogP contribution is 2.23. The first kappa shape index (κ1) is 21.7. The van der Waals surface area contributed by atoms with Crippen LogP contribution in [0.3, 0.4) is 0 Å². The van der Waals surface area contributed by atoms with Crippen molar-refractivity contribution in [3.63, 3.8) is 0 Å². The van der Waals surface area contributed by atoms with Gasteiger partial charge in [-0.3, -0.25) is 14.5 Å². The van der Waals surface area contributed by atoms with E-state index in [2.05, 4.69) is 15.0 Å². The summed E-state index contributed by atoms with van der Waals surface area (Å²) in [4.78, 5) is 17.2. The lowest BCUT2D eigenvalue weighted by molar-refractivity contribution is 0.0951. The lowest BCUT2D eigenvalue weighted by atomic mass is 10.1. The van der Waals surface area contributed by atoms with Gasteiger partial charge in [-0.05, 0) is 72.0 Å². The van der Waals surface area contributed by atoms with Gasteiger partial charge >= 0.3 is 0 Å². The van der Waals surface area contributed by atoms with Gasteiger partial charge in [0.25, 0.3) is 15.9 Å². The number of nitrogens with one attached hydrogen (secondary N) is 2. The molecule has 0 fully saturated rings. The molecule has 0 unspecified atom stereocenters. The third-order valence-corrected chi connectivity index (χ3v) is 6.89. The fraction of sp³-hybridized carbons (Fsp3) is 0.0833. The van der Waals surface area contributed by atoms with Crippen LogP contribution in [0, 0.1) is 6.92 Å². The van der Waals surface area contributed by atoms with E-state index in [0.29, 0.717) is 17.8 Å². The number of anilines is 1. The molecule has 4 aromatic rings. The van der Waals surface area contributed by atoms with E-state index in [1.54, 1.807) is 60.0 Å². The Balaban J connectivity index is 1.42. The summed E-state index contributed by atoms with van der Waals surface area (Å²) >= 11 is 1.59. The van der Waals surface area contributed by atoms with Gasteiger partial charge in [0.15, 0.2) is 0 Å². The third-order valence-electron chi connectivity index (χ3n) is 4.82. The molecule has 2 heterocycles. The van der Waals surface area contributed by atoms with Crippen LogP contribution < -0.4 is 10.0 Å². The average molecular weight is 464 g/mol. The number of carbonyl (C=O) groups is 1. The van der Waals surface area contributed by atoms with E-state index in [4.69, 9.17) is 0 Å². The molecule has 8 heteroatoms. The van der Waals surface area contributed by atoms with Gasteiger partial charge in [-0.2, -0.15) is 11.3 Å². The summed E-state index contributed by atoms with van der Waals surface area (Å²) in [7, 11) is -3.70. The van der Waals surface area contributed by atoms with E-state index in [-0.39, 0.29) is 10.8 Å². The molecule has 0 spiro atoms. The molecule has 4 rings (SSSR count). The first-order chi connectivity index (χ1) is 15.4. The van der Waals surface area contributed by atoms with E-state index in [0.717, 1.165) is 22.4 Å². The molecule has 0 atom stereocenters. The van der Waals surface area contributed by atoms with E-state index >= 15 is 0 Å². The quantitative estimate of drug-likeness (QED) is 0.410. The first-order valence-corrected chi connectivity index (χ1v) is 12.3. The molecule has 2 aromatic carbocycles. The Morgan fingerprint density at radius 3 is 2.56 bits per heavy atom. The first-order valence-electron chi connectivity index (χ1n) is 9.86. The maximum Gasteiger partial charge on any atom is 0.261 e. The van der Waals surface area contributed by atoms with E-state index in [1.807, 2.05) is 41.9 Å². The largest absolute Gasteiger partial charge is 0.348 e. The summed E-state index contributed by atoms with van der Waals surface area (Å²) in [6, 6.07) is 18.8. The molecule has 0 saturated heterocycles. The molecular weight excluding hydrogens is 442 g/mol. The van der Waals surface area contributed by atoms with Gasteiger partial charge in [-0.1, -0.05) is 18.2 Å². The maximum atomic E-state index is 12.6. The fourth-order valence-corrected chi connectivity index (χ4v) is 5.01. The second-order valence-electron chi connectivity index (χ2n) is 7.21. The van der Waals surface area contributed by atoms with Crippen LogP contribution in [0.25, 0.3) is 11.3 Å². The van der Waals surface area contributed by atoms with Crippen molar-refractivity contribution in [1.82, 2.24) is 10.3 Å². The molecule has 2 N–H and O–H groups in total. The van der Waals surface area contributed by atoms with Crippen LogP contribution in [0.2, 0.25) is 0 Å². The fourth-order valence-electron chi connectivity index (χ4n) is 3.20. The number of rotatable bonds is 7. The van der Waals surface area contributed by atoms with Gasteiger partial charge < -0.3 is 5.32 Å². The summed E-state index contributed by atoms with van der Waals surface area (Å²) in [5.74, 6) is -0.252. The topological polar surface area (TPSA) is 88.2 Å². The van der Waals surface area contributed by atoms with Crippen molar-refractivity contribution in [2.75, 3.05) is 4.72 Å². The lowest BCUT2D eigenvalue weighted by Crippen LogP contribution is -2.23. The zero-order valence-electron chi connectivity index (χ0n) is 17.3. The zero-order chi connectivity index (χ0) is 22.6. The van der Waals surface area contributed by atoms with Crippen LogP contribution >= 0.6 is 11.3 Å². The van der Waals surface area contributed by atoms with E-state index in [1.165, 1.54) is 0 Å². The summed E-state index contributed by atoms with van der Waals surface area (Å²) in [5, 5.41) is 6.91. The molecule has 1 amide bonds. The predicted molar refractivity (Wildman–Crippen MR) is 127 cm³/mol. The summed E-state index contributed by atoms with van der Waals surface area (Å²) in [5.41, 5.74) is 4.46. The molecule has 0 radical (unpaired) electrons. The number of hydrogen-bond acceptors (Lipinski definition) is 5. The second kappa shape index (κ2) is 9.33. The van der Waals surface area contributed by atoms with Crippen LogP contribution in [0.15, 0.2) is 88.6 Å². The number of nitrogens with zero attached hydrogens (tertiary/aromatic N) is 1. The van der Waals surface area contributed by atoms with Gasteiger partial charge in [0.1, 0.15) is 0 Å². The highest BCUT2D eigenvalue weighted by molar-refractivity contribution is 7.92. The molecule has 6 nitrogen and oxygen atoms in total. The molecule has 32 heavy (non-hydrogen) atoms. The van der Waals surface area contributed by atoms with Gasteiger partial charge in [0.05, 0.1) is 10.6 Å². The van der Waals surface area contributed by atoms with Crippen molar-refractivity contribution >= 4 is 33.0 Å². The molecule has 2 aromatic heterocycles. The second-order valence-corrected chi connectivity index (χ2v) is 9.67. The van der Waals surface area contributed by atoms with Crippen molar-refractivity contribution in [1.29, 1.82) is 0 Å². The number of sulfonamides is 1. The smallest absolute Gasteiger partial charge is 0.261 e. The minimum Gasteiger partial charge on any atom is -0.348 e. The third kappa shape index (κ3) is 5.04. The standard InChI is InChI=1S/C24H21N3O3S2/c1-17-4-2-6-22(14-17)32(29,30)27-21-9-7-18(8-10-21)24(28)26-15-19-5-3-12-25-23(19)20-11-13-31-16-20/h2-14,16,27H,15H2,1H3,(H,26,28). The van der Waals surface area contributed by atoms with Crippen LogP contribution in [0.4, 0.5) is 5.69 Å². The minimum atomic E-state index is -3.70.